The first-order chi connectivity index (χ1) is 7.51. The van der Waals surface area contributed by atoms with Crippen LogP contribution in [0.25, 0.3) is 0 Å². The fourth-order valence-corrected chi connectivity index (χ4v) is 1.24. The maximum Gasteiger partial charge on any atom is 0.303 e. The number of amides is 1. The van der Waals surface area contributed by atoms with Crippen LogP contribution in [-0.2, 0) is 14.3 Å². The molecule has 0 fully saturated rings. The van der Waals surface area contributed by atoms with Crippen LogP contribution in [0, 0.1) is 5.92 Å². The quantitative estimate of drug-likeness (QED) is 0.527. The summed E-state index contributed by atoms with van der Waals surface area (Å²) in [7, 11) is 1.46. The van der Waals surface area contributed by atoms with Crippen molar-refractivity contribution in [3.8, 4) is 0 Å². The monoisotopic (exact) mass is 232 g/mol. The third kappa shape index (κ3) is 6.36. The molecule has 0 aromatic carbocycles. The van der Waals surface area contributed by atoms with E-state index in [2.05, 4.69) is 5.32 Å². The number of hydrogen-bond donors (Lipinski definition) is 3. The molecule has 0 aromatic heterocycles. The molecule has 94 valence electrons. The Hall–Kier alpha value is -1.14. The first-order valence-corrected chi connectivity index (χ1v) is 5.25. The zero-order valence-corrected chi connectivity index (χ0v) is 9.73. The fourth-order valence-electron chi connectivity index (χ4n) is 1.24. The molecule has 0 aliphatic rings. The summed E-state index contributed by atoms with van der Waals surface area (Å²) in [6.07, 6.45) is 0.752. The lowest BCUT2D eigenvalue weighted by molar-refractivity contribution is -0.138. The predicted molar refractivity (Wildman–Crippen MR) is 58.9 cm³/mol. The van der Waals surface area contributed by atoms with Crippen LogP contribution < -0.4 is 11.1 Å². The normalized spacial score (nSPS) is 14.2. The highest BCUT2D eigenvalue weighted by Gasteiger charge is 2.16. The molecule has 0 rings (SSSR count). The van der Waals surface area contributed by atoms with Gasteiger partial charge in [-0.15, -0.1) is 0 Å². The summed E-state index contributed by atoms with van der Waals surface area (Å²) < 4.78 is 4.74. The number of aliphatic carboxylic acids is 1. The second-order valence-electron chi connectivity index (χ2n) is 3.68. The highest BCUT2D eigenvalue weighted by molar-refractivity contribution is 5.81. The highest BCUT2D eigenvalue weighted by Crippen LogP contribution is 2.06. The van der Waals surface area contributed by atoms with Gasteiger partial charge in [0.15, 0.2) is 0 Å². The van der Waals surface area contributed by atoms with E-state index in [1.165, 1.54) is 7.11 Å². The summed E-state index contributed by atoms with van der Waals surface area (Å²) in [6.45, 7) is 2.37. The number of nitrogens with one attached hydrogen (secondary N) is 1. The van der Waals surface area contributed by atoms with Gasteiger partial charge in [-0.1, -0.05) is 13.3 Å². The maximum atomic E-state index is 11.4. The third-order valence-electron chi connectivity index (χ3n) is 2.29. The summed E-state index contributed by atoms with van der Waals surface area (Å²) >= 11 is 0. The smallest absolute Gasteiger partial charge is 0.303 e. The summed E-state index contributed by atoms with van der Waals surface area (Å²) in [4.78, 5) is 21.9. The molecule has 4 N–H and O–H groups in total. The lowest BCUT2D eigenvalue weighted by atomic mass is 10.0. The van der Waals surface area contributed by atoms with Crippen LogP contribution in [0.2, 0.25) is 0 Å². The highest BCUT2D eigenvalue weighted by atomic mass is 16.5. The number of rotatable bonds is 8. The first kappa shape index (κ1) is 14.9. The molecule has 0 bridgehead atoms. The fraction of sp³-hybridized carbons (Fsp3) is 0.800. The van der Waals surface area contributed by atoms with Crippen LogP contribution in [-0.4, -0.2) is 43.3 Å². The minimum atomic E-state index is -0.859. The van der Waals surface area contributed by atoms with Crippen LogP contribution >= 0.6 is 0 Å². The summed E-state index contributed by atoms with van der Waals surface area (Å²) in [5, 5.41) is 11.2. The number of carboxylic acid groups (broad SMARTS) is 1. The lowest BCUT2D eigenvalue weighted by Crippen LogP contribution is -2.45. The van der Waals surface area contributed by atoms with Crippen LogP contribution in [0.4, 0.5) is 0 Å². The molecule has 0 spiro atoms. The van der Waals surface area contributed by atoms with E-state index in [1.807, 2.05) is 6.92 Å². The van der Waals surface area contributed by atoms with Crippen molar-refractivity contribution < 1.29 is 19.4 Å². The molecule has 16 heavy (non-hydrogen) atoms. The molecule has 0 saturated heterocycles. The third-order valence-corrected chi connectivity index (χ3v) is 2.29. The largest absolute Gasteiger partial charge is 0.481 e. The summed E-state index contributed by atoms with van der Waals surface area (Å²) in [5.74, 6) is -1.23. The van der Waals surface area contributed by atoms with Gasteiger partial charge in [0, 0.05) is 20.1 Å². The number of hydrogen-bond acceptors (Lipinski definition) is 4. The first-order valence-electron chi connectivity index (χ1n) is 5.25. The van der Waals surface area contributed by atoms with E-state index >= 15 is 0 Å². The Morgan fingerprint density at radius 1 is 1.50 bits per heavy atom. The van der Waals surface area contributed by atoms with Gasteiger partial charge in [0.25, 0.3) is 0 Å². The van der Waals surface area contributed by atoms with Gasteiger partial charge in [-0.05, 0) is 5.92 Å². The lowest BCUT2D eigenvalue weighted by Gasteiger charge is -2.15. The molecular weight excluding hydrogens is 212 g/mol. The number of carbonyl (C=O) groups is 2. The van der Waals surface area contributed by atoms with Gasteiger partial charge in [0.1, 0.15) is 6.04 Å². The van der Waals surface area contributed by atoms with Crippen molar-refractivity contribution in [3.05, 3.63) is 0 Å². The van der Waals surface area contributed by atoms with E-state index < -0.39 is 12.0 Å². The van der Waals surface area contributed by atoms with Crippen LogP contribution in [0.15, 0.2) is 0 Å². The van der Waals surface area contributed by atoms with E-state index in [1.54, 1.807) is 0 Å². The van der Waals surface area contributed by atoms with Gasteiger partial charge in [-0.3, -0.25) is 9.59 Å². The van der Waals surface area contributed by atoms with Crippen molar-refractivity contribution in [1.29, 1.82) is 0 Å². The van der Waals surface area contributed by atoms with Gasteiger partial charge in [0.05, 0.1) is 6.61 Å². The molecule has 1 amide bonds. The number of carbonyl (C=O) groups excluding carboxylic acids is 1. The second kappa shape index (κ2) is 8.06. The van der Waals surface area contributed by atoms with Crippen molar-refractivity contribution in [2.24, 2.45) is 11.7 Å². The Morgan fingerprint density at radius 2 is 2.12 bits per heavy atom. The molecular formula is C10H20N2O4. The van der Waals surface area contributed by atoms with Crippen molar-refractivity contribution in [3.63, 3.8) is 0 Å². The second-order valence-corrected chi connectivity index (χ2v) is 3.68. The van der Waals surface area contributed by atoms with E-state index in [0.29, 0.717) is 13.0 Å². The SMILES string of the molecule is CCC(CNC(=O)C(N)COC)CC(=O)O. The van der Waals surface area contributed by atoms with Gasteiger partial charge >= 0.3 is 5.97 Å². The molecule has 2 atom stereocenters. The number of carboxylic acids is 1. The predicted octanol–water partition coefficient (Wildman–Crippen LogP) is -0.423. The molecule has 0 aliphatic heterocycles. The van der Waals surface area contributed by atoms with Gasteiger partial charge < -0.3 is 20.9 Å². The topological polar surface area (TPSA) is 102 Å². The number of ether oxygens (including phenoxy) is 1. The van der Waals surface area contributed by atoms with Crippen molar-refractivity contribution >= 4 is 11.9 Å². The number of nitrogens with two attached hydrogens (primary N) is 1. The Balaban J connectivity index is 3.91. The van der Waals surface area contributed by atoms with Crippen molar-refractivity contribution in [2.75, 3.05) is 20.3 Å². The molecule has 6 heteroatoms. The Morgan fingerprint density at radius 3 is 2.56 bits per heavy atom. The van der Waals surface area contributed by atoms with Gasteiger partial charge in [-0.2, -0.15) is 0 Å². The minimum absolute atomic E-state index is 0.0519. The zero-order chi connectivity index (χ0) is 12.6. The standard InChI is InChI=1S/C10H20N2O4/c1-3-7(4-9(13)14)5-12-10(15)8(11)6-16-2/h7-8H,3-6,11H2,1-2H3,(H,12,15)(H,13,14). The van der Waals surface area contributed by atoms with Crippen molar-refractivity contribution in [1.82, 2.24) is 5.32 Å². The molecule has 6 nitrogen and oxygen atoms in total. The van der Waals surface area contributed by atoms with Gasteiger partial charge in [0.2, 0.25) is 5.91 Å². The molecule has 0 heterocycles. The molecule has 0 aliphatic carbocycles. The zero-order valence-electron chi connectivity index (χ0n) is 9.73. The molecule has 0 radical (unpaired) electrons. The van der Waals surface area contributed by atoms with E-state index in [0.717, 1.165) is 0 Å². The Labute approximate surface area is 95.1 Å². The minimum Gasteiger partial charge on any atom is -0.481 e. The van der Waals surface area contributed by atoms with E-state index in [4.69, 9.17) is 15.6 Å². The molecule has 0 aromatic rings. The van der Waals surface area contributed by atoms with Gasteiger partial charge in [-0.25, -0.2) is 0 Å². The van der Waals surface area contributed by atoms with Crippen LogP contribution in [0.1, 0.15) is 19.8 Å². The maximum absolute atomic E-state index is 11.4. The average molecular weight is 232 g/mol. The van der Waals surface area contributed by atoms with Crippen LogP contribution in [0.5, 0.6) is 0 Å². The number of methoxy groups -OCH3 is 1. The Kier molecular flexibility index (Phi) is 7.49. The molecule has 2 unspecified atom stereocenters. The van der Waals surface area contributed by atoms with Crippen molar-refractivity contribution in [2.45, 2.75) is 25.8 Å². The summed E-state index contributed by atoms with van der Waals surface area (Å²) in [5.41, 5.74) is 5.50. The average Bonchev–Trinajstić information content (AvgIpc) is 2.23. The molecule has 0 saturated carbocycles. The summed E-state index contributed by atoms with van der Waals surface area (Å²) in [6, 6.07) is -0.702. The van der Waals surface area contributed by atoms with E-state index in [-0.39, 0.29) is 24.9 Å². The van der Waals surface area contributed by atoms with E-state index in [9.17, 15) is 9.59 Å². The van der Waals surface area contributed by atoms with Crippen LogP contribution in [0.3, 0.4) is 0 Å². The Bertz CT molecular complexity index is 233.